The Hall–Kier alpha value is -2.93. The van der Waals surface area contributed by atoms with Crippen molar-refractivity contribution in [2.75, 3.05) is 18.5 Å². The zero-order chi connectivity index (χ0) is 14.7. The van der Waals surface area contributed by atoms with Gasteiger partial charge >= 0.3 is 0 Å². The second-order valence-corrected chi connectivity index (χ2v) is 4.51. The lowest BCUT2D eigenvalue weighted by Gasteiger charge is -2.20. The molecule has 0 spiro atoms. The Morgan fingerprint density at radius 2 is 1.95 bits per heavy atom. The van der Waals surface area contributed by atoms with E-state index < -0.39 is 0 Å². The van der Waals surface area contributed by atoms with Gasteiger partial charge in [-0.25, -0.2) is 0 Å². The third-order valence-corrected chi connectivity index (χ3v) is 3.10. The molecule has 1 aliphatic heterocycles. The Bertz CT molecular complexity index is 731. The Balaban J connectivity index is 1.87. The normalized spacial score (nSPS) is 12.3. The second-order valence-electron chi connectivity index (χ2n) is 4.51. The molecule has 0 saturated heterocycles. The molecule has 1 heterocycles. The average Bonchev–Trinajstić information content (AvgIpc) is 2.54. The van der Waals surface area contributed by atoms with E-state index >= 15 is 0 Å². The van der Waals surface area contributed by atoms with E-state index in [1.807, 2.05) is 0 Å². The molecule has 3 rings (SSSR count). The number of terminal acetylenes is 1. The van der Waals surface area contributed by atoms with E-state index in [9.17, 15) is 4.79 Å². The predicted molar refractivity (Wildman–Crippen MR) is 79.8 cm³/mol. The molecule has 1 amide bonds. The summed E-state index contributed by atoms with van der Waals surface area (Å²) in [4.78, 5) is 12.4. The third-order valence-electron chi connectivity index (χ3n) is 3.10. The van der Waals surface area contributed by atoms with Gasteiger partial charge in [0.25, 0.3) is 5.91 Å². The number of carbonyl (C=O) groups excluding carboxylic acids is 1. The fraction of sp³-hybridized carbons (Fsp3) is 0.118. The van der Waals surface area contributed by atoms with Crippen molar-refractivity contribution < 1.29 is 14.3 Å². The van der Waals surface area contributed by atoms with Crippen molar-refractivity contribution in [2.45, 2.75) is 0 Å². The largest absolute Gasteiger partial charge is 0.486 e. The molecule has 0 saturated carbocycles. The lowest BCUT2D eigenvalue weighted by atomic mass is 10.1. The Morgan fingerprint density at radius 3 is 2.81 bits per heavy atom. The molecule has 4 heteroatoms. The number of amides is 1. The van der Waals surface area contributed by atoms with Gasteiger partial charge in [-0.2, -0.15) is 0 Å². The van der Waals surface area contributed by atoms with Crippen LogP contribution in [0.4, 0.5) is 5.69 Å². The number of anilines is 1. The van der Waals surface area contributed by atoms with Crippen molar-refractivity contribution in [3.63, 3.8) is 0 Å². The highest BCUT2D eigenvalue weighted by Crippen LogP contribution is 2.33. The number of hydrogen-bond acceptors (Lipinski definition) is 3. The van der Waals surface area contributed by atoms with Crippen LogP contribution in [0.25, 0.3) is 0 Å². The number of carbonyl (C=O) groups is 1. The number of benzene rings is 2. The standard InChI is InChI=1S/C17H13NO3/c1-2-12-5-3-6-13(11-12)18-17(19)14-7-4-8-15-16(14)21-10-9-20-15/h1,3-8,11H,9-10H2,(H,18,19). The van der Waals surface area contributed by atoms with Gasteiger partial charge in [0.1, 0.15) is 13.2 Å². The van der Waals surface area contributed by atoms with Gasteiger partial charge in [0.05, 0.1) is 5.56 Å². The Morgan fingerprint density at radius 1 is 1.14 bits per heavy atom. The Labute approximate surface area is 122 Å². The SMILES string of the molecule is C#Cc1cccc(NC(=O)c2cccc3c2OCCO3)c1. The van der Waals surface area contributed by atoms with Crippen molar-refractivity contribution >= 4 is 11.6 Å². The molecular formula is C17H13NO3. The van der Waals surface area contributed by atoms with Crippen LogP contribution in [0.15, 0.2) is 42.5 Å². The van der Waals surface area contributed by atoms with E-state index in [-0.39, 0.29) is 5.91 Å². The molecule has 1 N–H and O–H groups in total. The van der Waals surface area contributed by atoms with E-state index in [0.717, 1.165) is 0 Å². The van der Waals surface area contributed by atoms with Gasteiger partial charge in [-0.1, -0.05) is 18.1 Å². The van der Waals surface area contributed by atoms with Crippen LogP contribution in [0.1, 0.15) is 15.9 Å². The van der Waals surface area contributed by atoms with Crippen molar-refractivity contribution in [2.24, 2.45) is 0 Å². The van der Waals surface area contributed by atoms with Gasteiger partial charge in [0.15, 0.2) is 11.5 Å². The van der Waals surface area contributed by atoms with Crippen LogP contribution in [0, 0.1) is 12.3 Å². The first-order valence-corrected chi connectivity index (χ1v) is 6.54. The van der Waals surface area contributed by atoms with Gasteiger partial charge in [-0.15, -0.1) is 6.42 Å². The molecule has 2 aromatic carbocycles. The summed E-state index contributed by atoms with van der Waals surface area (Å²) >= 11 is 0. The monoisotopic (exact) mass is 279 g/mol. The number of ether oxygens (including phenoxy) is 2. The van der Waals surface area contributed by atoms with E-state index in [1.54, 1.807) is 42.5 Å². The smallest absolute Gasteiger partial charge is 0.259 e. The minimum Gasteiger partial charge on any atom is -0.486 e. The maximum atomic E-state index is 12.4. The molecule has 21 heavy (non-hydrogen) atoms. The number of para-hydroxylation sites is 1. The maximum absolute atomic E-state index is 12.4. The molecular weight excluding hydrogens is 266 g/mol. The minimum atomic E-state index is -0.258. The summed E-state index contributed by atoms with van der Waals surface area (Å²) in [7, 11) is 0. The summed E-state index contributed by atoms with van der Waals surface area (Å²) in [5.74, 6) is 3.35. The maximum Gasteiger partial charge on any atom is 0.259 e. The zero-order valence-electron chi connectivity index (χ0n) is 11.3. The van der Waals surface area contributed by atoms with Crippen molar-refractivity contribution in [3.05, 3.63) is 53.6 Å². The summed E-state index contributed by atoms with van der Waals surface area (Å²) < 4.78 is 11.0. The van der Waals surface area contributed by atoms with Gasteiger partial charge in [-0.05, 0) is 30.3 Å². The summed E-state index contributed by atoms with van der Waals surface area (Å²) in [6.45, 7) is 0.923. The van der Waals surface area contributed by atoms with Crippen molar-refractivity contribution in [1.82, 2.24) is 0 Å². The molecule has 0 unspecified atom stereocenters. The quantitative estimate of drug-likeness (QED) is 0.860. The minimum absolute atomic E-state index is 0.258. The lowest BCUT2D eigenvalue weighted by molar-refractivity contribution is 0.101. The van der Waals surface area contributed by atoms with Gasteiger partial charge in [0, 0.05) is 11.3 Å². The lowest BCUT2D eigenvalue weighted by Crippen LogP contribution is -2.20. The first-order chi connectivity index (χ1) is 10.3. The fourth-order valence-electron chi connectivity index (χ4n) is 2.14. The van der Waals surface area contributed by atoms with Crippen molar-refractivity contribution in [3.8, 4) is 23.8 Å². The van der Waals surface area contributed by atoms with Gasteiger partial charge in [0.2, 0.25) is 0 Å². The molecule has 2 aromatic rings. The van der Waals surface area contributed by atoms with E-state index in [1.165, 1.54) is 0 Å². The molecule has 1 aliphatic rings. The predicted octanol–water partition coefficient (Wildman–Crippen LogP) is 2.69. The van der Waals surface area contributed by atoms with Crippen LogP contribution in [0.5, 0.6) is 11.5 Å². The molecule has 0 fully saturated rings. The van der Waals surface area contributed by atoms with Crippen LogP contribution < -0.4 is 14.8 Å². The Kier molecular flexibility index (Phi) is 3.48. The third kappa shape index (κ3) is 2.67. The summed E-state index contributed by atoms with van der Waals surface area (Å²) in [5, 5.41) is 2.81. The summed E-state index contributed by atoms with van der Waals surface area (Å²) in [6, 6.07) is 12.4. The van der Waals surface area contributed by atoms with E-state index in [2.05, 4.69) is 11.2 Å². The fourth-order valence-corrected chi connectivity index (χ4v) is 2.14. The van der Waals surface area contributed by atoms with E-state index in [0.29, 0.717) is 41.5 Å². The molecule has 0 aliphatic carbocycles. The van der Waals surface area contributed by atoms with Gasteiger partial charge in [-0.3, -0.25) is 4.79 Å². The van der Waals surface area contributed by atoms with Crippen LogP contribution in [-0.2, 0) is 0 Å². The number of fused-ring (bicyclic) bond motifs is 1. The molecule has 0 radical (unpaired) electrons. The first-order valence-electron chi connectivity index (χ1n) is 6.54. The molecule has 0 bridgehead atoms. The summed E-state index contributed by atoms with van der Waals surface area (Å²) in [5.41, 5.74) is 1.80. The molecule has 104 valence electrons. The summed E-state index contributed by atoms with van der Waals surface area (Å²) in [6.07, 6.45) is 5.35. The number of rotatable bonds is 2. The van der Waals surface area contributed by atoms with E-state index in [4.69, 9.17) is 15.9 Å². The van der Waals surface area contributed by atoms with Crippen LogP contribution in [0.3, 0.4) is 0 Å². The first kappa shape index (κ1) is 13.1. The van der Waals surface area contributed by atoms with Crippen molar-refractivity contribution in [1.29, 1.82) is 0 Å². The number of nitrogens with one attached hydrogen (secondary N) is 1. The van der Waals surface area contributed by atoms with Crippen LogP contribution >= 0.6 is 0 Å². The van der Waals surface area contributed by atoms with Crippen LogP contribution in [0.2, 0.25) is 0 Å². The topological polar surface area (TPSA) is 47.6 Å². The molecule has 0 aromatic heterocycles. The highest BCUT2D eigenvalue weighted by molar-refractivity contribution is 6.06. The zero-order valence-corrected chi connectivity index (χ0v) is 11.3. The molecule has 4 nitrogen and oxygen atoms in total. The second kappa shape index (κ2) is 5.59. The van der Waals surface area contributed by atoms with Crippen LogP contribution in [-0.4, -0.2) is 19.1 Å². The molecule has 0 atom stereocenters. The number of hydrogen-bond donors (Lipinski definition) is 1. The van der Waals surface area contributed by atoms with Gasteiger partial charge < -0.3 is 14.8 Å². The average molecular weight is 279 g/mol. The highest BCUT2D eigenvalue weighted by Gasteiger charge is 2.20. The highest BCUT2D eigenvalue weighted by atomic mass is 16.6.